The molecule has 5 nitrogen and oxygen atoms in total. The minimum atomic E-state index is -4.68. The third-order valence-corrected chi connectivity index (χ3v) is 7.54. The largest absolute Gasteiger partial charge is 0.417 e. The zero-order valence-corrected chi connectivity index (χ0v) is 20.8. The SMILES string of the molecule is CC(C)(Cc1ccc(F)cc1)NS(=O)(=O)c1ccc(Cc2ccc3[nH]c(=O)cc(C(F)(F)F)c3c2)cc1. The monoisotopic (exact) mass is 532 g/mol. The summed E-state index contributed by atoms with van der Waals surface area (Å²) >= 11 is 0. The maximum absolute atomic E-state index is 13.4. The topological polar surface area (TPSA) is 79.0 Å². The minimum absolute atomic E-state index is 0.0406. The van der Waals surface area contributed by atoms with Gasteiger partial charge in [-0.2, -0.15) is 13.2 Å². The second-order valence-corrected chi connectivity index (χ2v) is 11.2. The maximum Gasteiger partial charge on any atom is 0.417 e. The second kappa shape index (κ2) is 9.75. The van der Waals surface area contributed by atoms with Gasteiger partial charge in [-0.3, -0.25) is 4.79 Å². The number of hydrogen-bond acceptors (Lipinski definition) is 3. The van der Waals surface area contributed by atoms with Crippen LogP contribution in [0, 0.1) is 5.82 Å². The van der Waals surface area contributed by atoms with E-state index >= 15 is 0 Å². The number of hydrogen-bond donors (Lipinski definition) is 2. The molecule has 1 aromatic heterocycles. The summed E-state index contributed by atoms with van der Waals surface area (Å²) in [4.78, 5) is 14.1. The van der Waals surface area contributed by atoms with Gasteiger partial charge in [0.2, 0.25) is 15.6 Å². The van der Waals surface area contributed by atoms with Crippen molar-refractivity contribution in [2.24, 2.45) is 0 Å². The third kappa shape index (κ3) is 6.44. The summed E-state index contributed by atoms with van der Waals surface area (Å²) in [7, 11) is -3.87. The molecule has 0 spiro atoms. The van der Waals surface area contributed by atoms with E-state index in [4.69, 9.17) is 0 Å². The molecule has 0 saturated heterocycles. The molecule has 0 aliphatic heterocycles. The van der Waals surface area contributed by atoms with Crippen LogP contribution in [-0.2, 0) is 29.0 Å². The fraction of sp³-hybridized carbons (Fsp3) is 0.222. The molecule has 0 saturated carbocycles. The Morgan fingerprint density at radius 2 is 1.43 bits per heavy atom. The van der Waals surface area contributed by atoms with Gasteiger partial charge in [-0.05, 0) is 79.8 Å². The van der Waals surface area contributed by atoms with Crippen molar-refractivity contribution in [2.45, 2.75) is 43.3 Å². The van der Waals surface area contributed by atoms with Crippen molar-refractivity contribution in [1.82, 2.24) is 9.71 Å². The summed E-state index contributed by atoms with van der Waals surface area (Å²) in [6.45, 7) is 3.45. The Kier molecular flexibility index (Phi) is 7.00. The molecule has 194 valence electrons. The third-order valence-electron chi connectivity index (χ3n) is 5.82. The molecule has 0 atom stereocenters. The summed E-state index contributed by atoms with van der Waals surface area (Å²) < 4.78 is 82.1. The molecule has 0 aliphatic carbocycles. The number of rotatable bonds is 7. The van der Waals surface area contributed by atoms with Crippen molar-refractivity contribution >= 4 is 20.9 Å². The van der Waals surface area contributed by atoms with Crippen molar-refractivity contribution in [2.75, 3.05) is 0 Å². The van der Waals surface area contributed by atoms with Crippen LogP contribution < -0.4 is 10.3 Å². The standard InChI is InChI=1S/C27H24F4N2O3S/c1-26(2,16-18-3-8-20(28)9-4-18)33-37(35,36)21-10-5-17(6-11-21)13-19-7-12-24-22(14-19)23(27(29,30)31)15-25(34)32-24/h3-12,14-15,33H,13,16H2,1-2H3,(H,32,34). The zero-order chi connectivity index (χ0) is 27.0. The van der Waals surface area contributed by atoms with E-state index in [-0.39, 0.29) is 28.0 Å². The Bertz CT molecular complexity index is 1590. The molecule has 1 heterocycles. The first kappa shape index (κ1) is 26.6. The summed E-state index contributed by atoms with van der Waals surface area (Å²) in [5.74, 6) is -0.373. The van der Waals surface area contributed by atoms with Crippen molar-refractivity contribution in [3.8, 4) is 0 Å². The van der Waals surface area contributed by atoms with E-state index in [1.54, 1.807) is 44.2 Å². The van der Waals surface area contributed by atoms with Crippen LogP contribution >= 0.6 is 0 Å². The average molecular weight is 533 g/mol. The van der Waals surface area contributed by atoms with Crippen molar-refractivity contribution in [1.29, 1.82) is 0 Å². The Morgan fingerprint density at radius 1 is 0.838 bits per heavy atom. The maximum atomic E-state index is 13.4. The van der Waals surface area contributed by atoms with Gasteiger partial charge in [0, 0.05) is 22.5 Å². The summed E-state index contributed by atoms with van der Waals surface area (Å²) in [5, 5.41) is -0.114. The molecule has 3 aromatic carbocycles. The normalized spacial score (nSPS) is 12.7. The van der Waals surface area contributed by atoms with Gasteiger partial charge < -0.3 is 4.98 Å². The van der Waals surface area contributed by atoms with Gasteiger partial charge in [-0.15, -0.1) is 0 Å². The van der Waals surface area contributed by atoms with Crippen LogP contribution in [0.15, 0.2) is 82.5 Å². The molecule has 0 aliphatic rings. The average Bonchev–Trinajstić information content (AvgIpc) is 2.79. The molecule has 4 aromatic rings. The quantitative estimate of drug-likeness (QED) is 0.305. The molecule has 0 unspecified atom stereocenters. The lowest BCUT2D eigenvalue weighted by atomic mass is 9.96. The molecule has 0 fully saturated rings. The number of fused-ring (bicyclic) bond motifs is 1. The van der Waals surface area contributed by atoms with Gasteiger partial charge in [-0.25, -0.2) is 17.5 Å². The molecular weight excluding hydrogens is 508 g/mol. The van der Waals surface area contributed by atoms with Crippen LogP contribution in [0.5, 0.6) is 0 Å². The number of benzene rings is 3. The summed E-state index contributed by atoms with van der Waals surface area (Å²) in [6, 6.07) is 16.9. The van der Waals surface area contributed by atoms with E-state index in [0.717, 1.165) is 5.56 Å². The van der Waals surface area contributed by atoms with E-state index < -0.39 is 32.9 Å². The molecule has 2 N–H and O–H groups in total. The predicted octanol–water partition coefficient (Wildman–Crippen LogP) is 5.58. The van der Waals surface area contributed by atoms with Crippen LogP contribution in [0.4, 0.5) is 17.6 Å². The first-order valence-electron chi connectivity index (χ1n) is 11.3. The fourth-order valence-corrected chi connectivity index (χ4v) is 5.65. The van der Waals surface area contributed by atoms with Crippen LogP contribution in [0.2, 0.25) is 0 Å². The lowest BCUT2D eigenvalue weighted by molar-refractivity contribution is -0.136. The van der Waals surface area contributed by atoms with E-state index in [9.17, 15) is 30.8 Å². The lowest BCUT2D eigenvalue weighted by Gasteiger charge is -2.26. The minimum Gasteiger partial charge on any atom is -0.322 e. The van der Waals surface area contributed by atoms with Crippen LogP contribution in [0.1, 0.15) is 36.1 Å². The number of sulfonamides is 1. The van der Waals surface area contributed by atoms with Gasteiger partial charge in [0.05, 0.1) is 10.5 Å². The van der Waals surface area contributed by atoms with Gasteiger partial charge in [0.25, 0.3) is 0 Å². The van der Waals surface area contributed by atoms with Gasteiger partial charge >= 0.3 is 6.18 Å². The number of aromatic amines is 1. The van der Waals surface area contributed by atoms with E-state index in [2.05, 4.69) is 9.71 Å². The van der Waals surface area contributed by atoms with Crippen molar-refractivity contribution in [3.05, 3.63) is 111 Å². The van der Waals surface area contributed by atoms with Crippen LogP contribution in [0.25, 0.3) is 10.9 Å². The predicted molar refractivity (Wildman–Crippen MR) is 133 cm³/mol. The van der Waals surface area contributed by atoms with Crippen LogP contribution in [0.3, 0.4) is 0 Å². The first-order valence-corrected chi connectivity index (χ1v) is 12.8. The zero-order valence-electron chi connectivity index (χ0n) is 20.0. The fourth-order valence-electron chi connectivity index (χ4n) is 4.24. The van der Waals surface area contributed by atoms with Crippen molar-refractivity contribution < 1.29 is 26.0 Å². The number of aromatic nitrogens is 1. The molecule has 37 heavy (non-hydrogen) atoms. The van der Waals surface area contributed by atoms with Crippen LogP contribution in [-0.4, -0.2) is 18.9 Å². The Hall–Kier alpha value is -3.50. The molecule has 0 bridgehead atoms. The Morgan fingerprint density at radius 3 is 2.05 bits per heavy atom. The lowest BCUT2D eigenvalue weighted by Crippen LogP contribution is -2.44. The molecule has 0 amide bonds. The number of halogens is 4. The first-order chi connectivity index (χ1) is 17.2. The van der Waals surface area contributed by atoms with Crippen molar-refractivity contribution in [3.63, 3.8) is 0 Å². The number of H-pyrrole nitrogens is 1. The molecular formula is C27H24F4N2O3S. The Balaban J connectivity index is 1.52. The highest BCUT2D eigenvalue weighted by molar-refractivity contribution is 7.89. The van der Waals surface area contributed by atoms with E-state index in [1.807, 2.05) is 0 Å². The second-order valence-electron chi connectivity index (χ2n) is 9.54. The number of alkyl halides is 3. The molecule has 0 radical (unpaired) electrons. The number of pyridine rings is 1. The smallest absolute Gasteiger partial charge is 0.322 e. The highest BCUT2D eigenvalue weighted by atomic mass is 32.2. The highest BCUT2D eigenvalue weighted by Crippen LogP contribution is 2.33. The summed E-state index contributed by atoms with van der Waals surface area (Å²) in [5.41, 5.74) is -0.571. The van der Waals surface area contributed by atoms with Gasteiger partial charge in [0.1, 0.15) is 5.82 Å². The number of nitrogens with one attached hydrogen (secondary N) is 2. The van der Waals surface area contributed by atoms with Gasteiger partial charge in [-0.1, -0.05) is 30.3 Å². The van der Waals surface area contributed by atoms with Gasteiger partial charge in [0.15, 0.2) is 0 Å². The van der Waals surface area contributed by atoms with E-state index in [1.165, 1.54) is 36.4 Å². The Labute approximate surface area is 211 Å². The highest BCUT2D eigenvalue weighted by Gasteiger charge is 2.33. The molecule has 4 rings (SSSR count). The van der Waals surface area contributed by atoms with E-state index in [0.29, 0.717) is 23.6 Å². The summed E-state index contributed by atoms with van der Waals surface area (Å²) in [6.07, 6.45) is -4.08. The molecule has 10 heteroatoms.